The maximum Gasteiger partial charge on any atom is 0.243 e. The summed E-state index contributed by atoms with van der Waals surface area (Å²) >= 11 is 24.4. The number of nitrogens with one attached hydrogen (secondary N) is 2. The Balaban J connectivity index is 0.000000235. The highest BCUT2D eigenvalue weighted by Crippen LogP contribution is 2.35. The lowest BCUT2D eigenvalue weighted by molar-refractivity contribution is -0.151. The molecule has 8 rings (SSSR count). The van der Waals surface area contributed by atoms with Crippen LogP contribution in [0.2, 0.25) is 20.1 Å². The molecule has 0 spiro atoms. The van der Waals surface area contributed by atoms with Gasteiger partial charge in [0.1, 0.15) is 12.1 Å². The highest BCUT2D eigenvalue weighted by atomic mass is 35.5. The van der Waals surface area contributed by atoms with E-state index in [-0.39, 0.29) is 73.1 Å². The molecule has 4 heterocycles. The zero-order valence-corrected chi connectivity index (χ0v) is 45.4. The summed E-state index contributed by atoms with van der Waals surface area (Å²) in [6, 6.07) is 30.6. The van der Waals surface area contributed by atoms with Gasteiger partial charge >= 0.3 is 0 Å². The Kier molecular flexibility index (Phi) is 21.5. The van der Waals surface area contributed by atoms with Gasteiger partial charge in [0.25, 0.3) is 0 Å². The quantitative estimate of drug-likeness (QED) is 0.0904. The Morgan fingerprint density at radius 1 is 0.575 bits per heavy atom. The molecule has 396 valence electrons. The fourth-order valence-corrected chi connectivity index (χ4v) is 11.7. The van der Waals surface area contributed by atoms with Crippen LogP contribution in [0.4, 0.5) is 0 Å². The number of aryl methyl sites for hydroxylation is 2. The predicted molar refractivity (Wildman–Crippen MR) is 298 cm³/mol. The third-order valence-corrected chi connectivity index (χ3v) is 16.2. The molecule has 4 N–H and O–H groups in total. The van der Waals surface area contributed by atoms with Gasteiger partial charge in [-0.1, -0.05) is 161 Å². The number of nitrogens with zero attached hydrogens (tertiary/aromatic N) is 4. The lowest BCUT2D eigenvalue weighted by Gasteiger charge is -2.46. The van der Waals surface area contributed by atoms with Crippen molar-refractivity contribution >= 4 is 70.0 Å². The number of hydrogen-bond donors (Lipinski definition) is 3. The molecule has 0 aliphatic carbocycles. The standard InChI is InChI=1S/C29H37Cl2N3O2.C28H36Cl2N4O2.CH4/c1-19(2)13-26(28(35)32-16-22-10-12-24(30)25(31)15-22)34-18-23(11-9-21-7-5-4-6-8-21)33-17-20(3)14-27(33)29(34)36;1-18(2)12-25(27(35)32-15-20-9-11-23(29)24(30)13-20)34-17-22(10-8-19-6-4-3-5-7-19)33-16-21(31)14-26(33)28(34)36;/h4-8,10,12,15,19-20,23,26-27H,9,11,13-14,16-18H2,1-3H3,(H,32,35);3-7,9,11,13,18,21-22,25-26H,8,10,12,14-17,31H2,1-2H3,(H,32,35);1H4/t20-,23?,26-,27+;21-,22?,25-,26+;/m11./s1. The van der Waals surface area contributed by atoms with Crippen molar-refractivity contribution in [2.45, 2.75) is 149 Å². The monoisotopic (exact) mass is 1080 g/mol. The van der Waals surface area contributed by atoms with Gasteiger partial charge < -0.3 is 26.2 Å². The molecule has 0 bridgehead atoms. The highest BCUT2D eigenvalue weighted by Gasteiger charge is 2.49. The maximum atomic E-state index is 13.7. The minimum absolute atomic E-state index is 0. The van der Waals surface area contributed by atoms with E-state index in [1.165, 1.54) is 11.1 Å². The molecule has 0 aromatic heterocycles. The van der Waals surface area contributed by atoms with E-state index in [1.54, 1.807) is 24.3 Å². The van der Waals surface area contributed by atoms with Crippen LogP contribution >= 0.6 is 46.4 Å². The van der Waals surface area contributed by atoms with E-state index in [4.69, 9.17) is 52.1 Å². The lowest BCUT2D eigenvalue weighted by atomic mass is 9.94. The minimum Gasteiger partial charge on any atom is -0.350 e. The zero-order valence-electron chi connectivity index (χ0n) is 42.4. The number of hydrogen-bond acceptors (Lipinski definition) is 7. The van der Waals surface area contributed by atoms with E-state index in [1.807, 2.05) is 34.1 Å². The Morgan fingerprint density at radius 3 is 1.40 bits per heavy atom. The lowest BCUT2D eigenvalue weighted by Crippen LogP contribution is -2.64. The zero-order chi connectivity index (χ0) is 51.6. The third-order valence-electron chi connectivity index (χ3n) is 14.7. The van der Waals surface area contributed by atoms with E-state index in [0.717, 1.165) is 56.3 Å². The van der Waals surface area contributed by atoms with Gasteiger partial charge in [-0.2, -0.15) is 0 Å². The van der Waals surface area contributed by atoms with Crippen molar-refractivity contribution in [3.05, 3.63) is 139 Å². The van der Waals surface area contributed by atoms with Crippen molar-refractivity contribution in [1.82, 2.24) is 30.2 Å². The van der Waals surface area contributed by atoms with Gasteiger partial charge in [-0.3, -0.25) is 29.0 Å². The smallest absolute Gasteiger partial charge is 0.243 e. The SMILES string of the molecule is C.CC(C)C[C@H](C(=O)NCc1ccc(Cl)c(Cl)c1)N1CC(CCc2ccccc2)N2C[C@H](C)C[C@H]2C1=O.CC(C)C[C@H](C(=O)NCc1ccc(Cl)c(Cl)c1)N1CC(CCc2ccccc2)N2C[C@H](N)C[C@H]2C1=O. The van der Waals surface area contributed by atoms with Crippen molar-refractivity contribution in [2.24, 2.45) is 23.5 Å². The number of piperazine rings is 2. The van der Waals surface area contributed by atoms with Crippen LogP contribution in [-0.2, 0) is 45.1 Å². The second-order valence-corrected chi connectivity index (χ2v) is 23.0. The summed E-state index contributed by atoms with van der Waals surface area (Å²) < 4.78 is 0. The van der Waals surface area contributed by atoms with Crippen LogP contribution in [0.3, 0.4) is 0 Å². The molecule has 0 radical (unpaired) electrons. The van der Waals surface area contributed by atoms with E-state index in [0.29, 0.717) is 71.4 Å². The molecule has 4 aliphatic heterocycles. The molecule has 4 saturated heterocycles. The summed E-state index contributed by atoms with van der Waals surface area (Å²) in [6.45, 7) is 14.1. The van der Waals surface area contributed by atoms with Crippen LogP contribution in [-0.4, -0.2) is 112 Å². The molecular weight excluding hydrogens is 1000 g/mol. The Morgan fingerprint density at radius 2 is 0.986 bits per heavy atom. The number of nitrogens with two attached hydrogens (primary N) is 1. The largest absolute Gasteiger partial charge is 0.350 e. The Bertz CT molecular complexity index is 2300. The maximum absolute atomic E-state index is 13.7. The Hall–Kier alpha value is -4.20. The molecule has 15 heteroatoms. The summed E-state index contributed by atoms with van der Waals surface area (Å²) in [6.07, 6.45) is 6.49. The van der Waals surface area contributed by atoms with Crippen LogP contribution in [0.5, 0.6) is 0 Å². The number of benzene rings is 4. The summed E-state index contributed by atoms with van der Waals surface area (Å²) in [5.41, 5.74) is 10.6. The number of rotatable bonds is 18. The normalized spacial score (nSPS) is 22.8. The molecule has 4 aromatic rings. The first-order valence-electron chi connectivity index (χ1n) is 25.8. The van der Waals surface area contributed by atoms with Crippen LogP contribution in [0, 0.1) is 17.8 Å². The number of carbonyl (C=O) groups excluding carboxylic acids is 4. The first-order chi connectivity index (χ1) is 34.4. The van der Waals surface area contributed by atoms with Crippen molar-refractivity contribution in [3.63, 3.8) is 0 Å². The molecule has 4 fully saturated rings. The summed E-state index contributed by atoms with van der Waals surface area (Å²) in [5.74, 6) is 0.891. The van der Waals surface area contributed by atoms with Gasteiger partial charge in [0.15, 0.2) is 0 Å². The number of halogens is 4. The van der Waals surface area contributed by atoms with Crippen LogP contribution in [0.1, 0.15) is 103 Å². The topological polar surface area (TPSA) is 131 Å². The van der Waals surface area contributed by atoms with Gasteiger partial charge in [-0.25, -0.2) is 0 Å². The molecular formula is C58H77Cl4N7O4. The van der Waals surface area contributed by atoms with Crippen molar-refractivity contribution in [3.8, 4) is 0 Å². The fourth-order valence-electron chi connectivity index (χ4n) is 11.1. The van der Waals surface area contributed by atoms with E-state index in [9.17, 15) is 19.2 Å². The Labute approximate surface area is 454 Å². The summed E-state index contributed by atoms with van der Waals surface area (Å²) in [4.78, 5) is 62.8. The first-order valence-corrected chi connectivity index (χ1v) is 27.4. The molecule has 8 atom stereocenters. The van der Waals surface area contributed by atoms with E-state index < -0.39 is 12.1 Å². The van der Waals surface area contributed by atoms with Gasteiger partial charge in [0.2, 0.25) is 23.6 Å². The predicted octanol–water partition coefficient (Wildman–Crippen LogP) is 10.5. The van der Waals surface area contributed by atoms with Gasteiger partial charge in [-0.15, -0.1) is 0 Å². The molecule has 73 heavy (non-hydrogen) atoms. The molecule has 11 nitrogen and oxygen atoms in total. The average Bonchev–Trinajstić information content (AvgIpc) is 3.96. The number of amides is 4. The highest BCUT2D eigenvalue weighted by molar-refractivity contribution is 6.42. The second kappa shape index (κ2) is 27.0. The van der Waals surface area contributed by atoms with Crippen LogP contribution in [0.15, 0.2) is 97.1 Å². The van der Waals surface area contributed by atoms with Crippen molar-refractivity contribution in [1.29, 1.82) is 0 Å². The van der Waals surface area contributed by atoms with Crippen LogP contribution < -0.4 is 16.4 Å². The van der Waals surface area contributed by atoms with Crippen molar-refractivity contribution < 1.29 is 19.2 Å². The van der Waals surface area contributed by atoms with E-state index >= 15 is 0 Å². The molecule has 0 saturated carbocycles. The number of fused-ring (bicyclic) bond motifs is 2. The molecule has 4 aliphatic rings. The second-order valence-electron chi connectivity index (χ2n) is 21.3. The summed E-state index contributed by atoms with van der Waals surface area (Å²) in [5, 5.41) is 7.98. The molecule has 4 amide bonds. The van der Waals surface area contributed by atoms with Gasteiger partial charge in [0, 0.05) is 57.4 Å². The first kappa shape index (κ1) is 58.1. The molecule has 4 aromatic carbocycles. The summed E-state index contributed by atoms with van der Waals surface area (Å²) in [7, 11) is 0. The minimum atomic E-state index is -0.529. The third kappa shape index (κ3) is 15.5. The van der Waals surface area contributed by atoms with Crippen LogP contribution in [0.25, 0.3) is 0 Å². The number of carbonyl (C=O) groups is 4. The fraction of sp³-hybridized carbons (Fsp3) is 0.517. The van der Waals surface area contributed by atoms with Crippen molar-refractivity contribution in [2.75, 3.05) is 26.2 Å². The van der Waals surface area contributed by atoms with Gasteiger partial charge in [0.05, 0.1) is 32.2 Å². The van der Waals surface area contributed by atoms with Gasteiger partial charge in [-0.05, 0) is 116 Å². The van der Waals surface area contributed by atoms with E-state index in [2.05, 4.69) is 104 Å². The average molecular weight is 1080 g/mol. The molecule has 2 unspecified atom stereocenters.